The molecule has 0 bridgehead atoms. The second-order valence-corrected chi connectivity index (χ2v) is 5.94. The van der Waals surface area contributed by atoms with Crippen LogP contribution < -0.4 is 9.80 Å². The molecule has 1 fully saturated rings. The first-order valence-corrected chi connectivity index (χ1v) is 7.47. The Morgan fingerprint density at radius 2 is 1.90 bits per heavy atom. The van der Waals surface area contributed by atoms with Gasteiger partial charge in [-0.2, -0.15) is 0 Å². The van der Waals surface area contributed by atoms with E-state index in [2.05, 4.69) is 7.05 Å². The summed E-state index contributed by atoms with van der Waals surface area (Å²) in [7, 11) is 2.23. The molecule has 1 aromatic carbocycles. The van der Waals surface area contributed by atoms with Crippen LogP contribution in [0.5, 0.6) is 0 Å². The zero-order valence-corrected chi connectivity index (χ0v) is 12.7. The topological polar surface area (TPSA) is 35.2 Å². The lowest BCUT2D eigenvalue weighted by atomic mass is 10.1. The molecule has 1 aliphatic rings. The maximum Gasteiger partial charge on any atom is 0.338 e. The van der Waals surface area contributed by atoms with E-state index in [1.165, 1.54) is 13.1 Å². The highest BCUT2D eigenvalue weighted by molar-refractivity contribution is 5.91. The van der Waals surface area contributed by atoms with Gasteiger partial charge in [-0.15, -0.1) is 0 Å². The van der Waals surface area contributed by atoms with Crippen LogP contribution in [0.25, 0.3) is 0 Å². The van der Waals surface area contributed by atoms with Crippen molar-refractivity contribution in [3.05, 3.63) is 35.4 Å². The van der Waals surface area contributed by atoms with Crippen molar-refractivity contribution in [2.75, 3.05) is 39.8 Å². The average molecular weight is 278 g/mol. The minimum atomic E-state index is -0.199. The molecule has 1 aliphatic heterocycles. The number of carbonyl (C=O) groups excluding carboxylic acids is 1. The molecule has 1 saturated heterocycles. The first-order valence-electron chi connectivity index (χ1n) is 7.47. The Bertz CT molecular complexity index is 454. The monoisotopic (exact) mass is 278 g/mol. The normalized spacial score (nSPS) is 24.1. The van der Waals surface area contributed by atoms with Crippen molar-refractivity contribution in [1.82, 2.24) is 0 Å². The third-order valence-electron chi connectivity index (χ3n) is 4.06. The van der Waals surface area contributed by atoms with Crippen molar-refractivity contribution in [1.29, 1.82) is 0 Å². The summed E-state index contributed by atoms with van der Waals surface area (Å²) >= 11 is 0. The number of hydrogen-bond donors (Lipinski definition) is 2. The van der Waals surface area contributed by atoms with Crippen LogP contribution in [-0.2, 0) is 4.74 Å². The number of ether oxygens (including phenoxy) is 1. The number of esters is 1. The Morgan fingerprint density at radius 3 is 2.55 bits per heavy atom. The first-order chi connectivity index (χ1) is 9.56. The van der Waals surface area contributed by atoms with E-state index >= 15 is 0 Å². The third-order valence-corrected chi connectivity index (χ3v) is 4.06. The molecule has 1 atom stereocenters. The fraction of sp³-hybridized carbons (Fsp3) is 0.562. The van der Waals surface area contributed by atoms with E-state index in [1.807, 2.05) is 38.1 Å². The van der Waals surface area contributed by atoms with Gasteiger partial charge in [0.1, 0.15) is 38.8 Å². The highest BCUT2D eigenvalue weighted by atomic mass is 16.5. The average Bonchev–Trinajstić information content (AvgIpc) is 2.41. The van der Waals surface area contributed by atoms with E-state index in [1.54, 1.807) is 9.80 Å². The summed E-state index contributed by atoms with van der Waals surface area (Å²) in [6.45, 7) is 9.58. The summed E-state index contributed by atoms with van der Waals surface area (Å²) in [5.41, 5.74) is 1.65. The van der Waals surface area contributed by atoms with Gasteiger partial charge in [0.25, 0.3) is 0 Å². The molecule has 0 amide bonds. The maximum absolute atomic E-state index is 12.1. The molecule has 0 unspecified atom stereocenters. The van der Waals surface area contributed by atoms with Crippen LogP contribution in [0.3, 0.4) is 0 Å². The summed E-state index contributed by atoms with van der Waals surface area (Å²) in [5.74, 6) is -0.199. The fourth-order valence-electron chi connectivity index (χ4n) is 2.73. The molecule has 110 valence electrons. The van der Waals surface area contributed by atoms with Crippen molar-refractivity contribution in [3.63, 3.8) is 0 Å². The SMILES string of the molecule is Cc1ccccc1C(=O)O[C@H](C)C[NH+]1CC[NH+](C)CC1. The molecule has 1 aromatic rings. The van der Waals surface area contributed by atoms with Gasteiger partial charge in [-0.25, -0.2) is 4.79 Å². The Balaban J connectivity index is 1.84. The smallest absolute Gasteiger partial charge is 0.338 e. The molecule has 0 aliphatic carbocycles. The number of piperazine rings is 1. The van der Waals surface area contributed by atoms with Gasteiger partial charge in [-0.3, -0.25) is 0 Å². The second kappa shape index (κ2) is 6.86. The lowest BCUT2D eigenvalue weighted by Crippen LogP contribution is -3.27. The summed E-state index contributed by atoms with van der Waals surface area (Å²) in [6.07, 6.45) is -0.0319. The largest absolute Gasteiger partial charge is 0.453 e. The lowest BCUT2D eigenvalue weighted by molar-refractivity contribution is -1.00. The van der Waals surface area contributed by atoms with Crippen LogP contribution in [0, 0.1) is 6.92 Å². The maximum atomic E-state index is 12.1. The molecule has 0 aromatic heterocycles. The van der Waals surface area contributed by atoms with Crippen LogP contribution in [-0.4, -0.2) is 51.8 Å². The van der Waals surface area contributed by atoms with E-state index in [4.69, 9.17) is 4.74 Å². The third kappa shape index (κ3) is 4.05. The summed E-state index contributed by atoms with van der Waals surface area (Å²) in [5, 5.41) is 0. The summed E-state index contributed by atoms with van der Waals surface area (Å²) in [4.78, 5) is 15.3. The number of carbonyl (C=O) groups is 1. The predicted molar refractivity (Wildman–Crippen MR) is 78.2 cm³/mol. The number of quaternary nitrogens is 2. The van der Waals surface area contributed by atoms with E-state index in [0.29, 0.717) is 5.56 Å². The van der Waals surface area contributed by atoms with E-state index < -0.39 is 0 Å². The van der Waals surface area contributed by atoms with Crippen LogP contribution in [0.4, 0.5) is 0 Å². The number of likely N-dealkylation sites (N-methyl/N-ethyl adjacent to an activating group) is 1. The fourth-order valence-corrected chi connectivity index (χ4v) is 2.73. The van der Waals surface area contributed by atoms with Crippen molar-refractivity contribution in [3.8, 4) is 0 Å². The Labute approximate surface area is 121 Å². The standard InChI is InChI=1S/C16H24N2O2/c1-13-6-4-5-7-15(13)16(19)20-14(2)12-18-10-8-17(3)9-11-18/h4-7,14H,8-12H2,1-3H3/p+2/t14-/m1/s1. The molecule has 20 heavy (non-hydrogen) atoms. The molecule has 2 N–H and O–H groups in total. The van der Waals surface area contributed by atoms with E-state index in [0.717, 1.165) is 25.2 Å². The number of benzene rings is 1. The molecular formula is C16H26N2O2+2. The number of nitrogens with one attached hydrogen (secondary N) is 2. The number of aryl methyl sites for hydroxylation is 1. The van der Waals surface area contributed by atoms with Gasteiger partial charge in [0.05, 0.1) is 12.6 Å². The van der Waals surface area contributed by atoms with E-state index in [-0.39, 0.29) is 12.1 Å². The van der Waals surface area contributed by atoms with Gasteiger partial charge in [0, 0.05) is 0 Å². The van der Waals surface area contributed by atoms with Crippen molar-refractivity contribution < 1.29 is 19.3 Å². The number of rotatable bonds is 4. The Hall–Kier alpha value is -1.39. The molecule has 0 spiro atoms. The molecule has 2 rings (SSSR count). The summed E-state index contributed by atoms with van der Waals surface area (Å²) < 4.78 is 5.58. The van der Waals surface area contributed by atoms with Gasteiger partial charge in [-0.05, 0) is 25.5 Å². The predicted octanol–water partition coefficient (Wildman–Crippen LogP) is -1.05. The summed E-state index contributed by atoms with van der Waals surface area (Å²) in [6, 6.07) is 7.58. The van der Waals surface area contributed by atoms with Gasteiger partial charge in [-0.1, -0.05) is 18.2 Å². The second-order valence-electron chi connectivity index (χ2n) is 5.94. The van der Waals surface area contributed by atoms with Crippen LogP contribution in [0.2, 0.25) is 0 Å². The van der Waals surface area contributed by atoms with Gasteiger partial charge in [0.15, 0.2) is 0 Å². The molecule has 4 nitrogen and oxygen atoms in total. The van der Waals surface area contributed by atoms with Crippen molar-refractivity contribution in [2.45, 2.75) is 20.0 Å². The van der Waals surface area contributed by atoms with Crippen LogP contribution >= 0.6 is 0 Å². The molecule has 1 heterocycles. The van der Waals surface area contributed by atoms with Crippen molar-refractivity contribution >= 4 is 5.97 Å². The minimum absolute atomic E-state index is 0.0319. The van der Waals surface area contributed by atoms with Gasteiger partial charge < -0.3 is 14.5 Å². The lowest BCUT2D eigenvalue weighted by Gasteiger charge is -2.28. The highest BCUT2D eigenvalue weighted by Crippen LogP contribution is 2.09. The molecule has 0 radical (unpaired) electrons. The Kier molecular flexibility index (Phi) is 5.15. The zero-order chi connectivity index (χ0) is 14.5. The molecular weight excluding hydrogens is 252 g/mol. The highest BCUT2D eigenvalue weighted by Gasteiger charge is 2.23. The van der Waals surface area contributed by atoms with Gasteiger partial charge >= 0.3 is 5.97 Å². The Morgan fingerprint density at radius 1 is 1.25 bits per heavy atom. The van der Waals surface area contributed by atoms with E-state index in [9.17, 15) is 4.79 Å². The van der Waals surface area contributed by atoms with Crippen LogP contribution in [0.1, 0.15) is 22.8 Å². The van der Waals surface area contributed by atoms with Gasteiger partial charge in [0.2, 0.25) is 0 Å². The first kappa shape index (κ1) is 15.0. The zero-order valence-electron chi connectivity index (χ0n) is 12.7. The molecule has 4 heteroatoms. The van der Waals surface area contributed by atoms with Crippen molar-refractivity contribution in [2.24, 2.45) is 0 Å². The van der Waals surface area contributed by atoms with Crippen LogP contribution in [0.15, 0.2) is 24.3 Å². The minimum Gasteiger partial charge on any atom is -0.453 e. The number of hydrogen-bond acceptors (Lipinski definition) is 2. The molecule has 0 saturated carbocycles. The quantitative estimate of drug-likeness (QED) is 0.690.